The van der Waals surface area contributed by atoms with Gasteiger partial charge in [0.15, 0.2) is 0 Å². The van der Waals surface area contributed by atoms with Crippen molar-refractivity contribution < 1.29 is 13.2 Å². The number of H-pyrrole nitrogens is 1. The van der Waals surface area contributed by atoms with Crippen molar-refractivity contribution in [1.29, 1.82) is 0 Å². The molecular formula is C11H18N4O3S. The molecule has 0 saturated carbocycles. The Kier molecular flexibility index (Phi) is 4.23. The summed E-state index contributed by atoms with van der Waals surface area (Å²) >= 11 is 0. The molecule has 1 fully saturated rings. The summed E-state index contributed by atoms with van der Waals surface area (Å²) in [5.74, 6) is -0.641. The van der Waals surface area contributed by atoms with Gasteiger partial charge in [-0.15, -0.1) is 0 Å². The second-order valence-electron chi connectivity index (χ2n) is 4.54. The number of amides is 1. The van der Waals surface area contributed by atoms with Gasteiger partial charge in [0.05, 0.1) is 11.4 Å². The fraction of sp³-hybridized carbons (Fsp3) is 0.545. The van der Waals surface area contributed by atoms with E-state index in [2.05, 4.69) is 10.3 Å². The normalized spacial score (nSPS) is 17.7. The fourth-order valence-electron chi connectivity index (χ4n) is 2.26. The van der Waals surface area contributed by atoms with Crippen molar-refractivity contribution in [3.05, 3.63) is 18.5 Å². The van der Waals surface area contributed by atoms with E-state index < -0.39 is 15.9 Å². The molecule has 2 heterocycles. The zero-order valence-corrected chi connectivity index (χ0v) is 11.3. The van der Waals surface area contributed by atoms with E-state index in [1.165, 1.54) is 22.8 Å². The monoisotopic (exact) mass is 286 g/mol. The molecule has 0 bridgehead atoms. The first-order valence-electron chi connectivity index (χ1n) is 6.15. The zero-order valence-electron chi connectivity index (χ0n) is 10.5. The molecule has 4 N–H and O–H groups in total. The quantitative estimate of drug-likeness (QED) is 0.661. The lowest BCUT2D eigenvalue weighted by Gasteiger charge is -2.32. The molecule has 7 nitrogen and oxygen atoms in total. The van der Waals surface area contributed by atoms with Gasteiger partial charge in [-0.2, -0.15) is 4.31 Å². The second kappa shape index (κ2) is 5.72. The number of nitrogens with one attached hydrogen (secondary N) is 2. The van der Waals surface area contributed by atoms with Crippen molar-refractivity contribution in [2.45, 2.75) is 23.8 Å². The first-order valence-corrected chi connectivity index (χ1v) is 7.59. The molecule has 1 aliphatic rings. The molecule has 0 aliphatic carbocycles. The molecule has 8 heteroatoms. The van der Waals surface area contributed by atoms with Crippen molar-refractivity contribution in [3.8, 4) is 0 Å². The van der Waals surface area contributed by atoms with Gasteiger partial charge in [0.25, 0.3) is 0 Å². The Morgan fingerprint density at radius 2 is 2.11 bits per heavy atom. The summed E-state index contributed by atoms with van der Waals surface area (Å²) in [6, 6.07) is 1.29. The van der Waals surface area contributed by atoms with Crippen LogP contribution in [0.5, 0.6) is 0 Å². The van der Waals surface area contributed by atoms with Crippen LogP contribution in [-0.2, 0) is 14.8 Å². The number of sulfonamides is 1. The van der Waals surface area contributed by atoms with Crippen molar-refractivity contribution in [3.63, 3.8) is 0 Å². The average Bonchev–Trinajstić information content (AvgIpc) is 2.91. The van der Waals surface area contributed by atoms with Gasteiger partial charge in [0, 0.05) is 18.4 Å². The van der Waals surface area contributed by atoms with E-state index >= 15 is 0 Å². The SMILES string of the molecule is NC(=O)CN(C1CCNCC1)S(=O)(=O)c1cc[nH]c1. The van der Waals surface area contributed by atoms with Gasteiger partial charge in [-0.1, -0.05) is 0 Å². The van der Waals surface area contributed by atoms with Crippen LogP contribution >= 0.6 is 0 Å². The highest BCUT2D eigenvalue weighted by Crippen LogP contribution is 2.21. The number of nitrogens with zero attached hydrogens (tertiary/aromatic N) is 1. The lowest BCUT2D eigenvalue weighted by Crippen LogP contribution is -2.49. The standard InChI is InChI=1S/C11H18N4O3S/c12-11(16)8-15(9-1-4-13-5-2-9)19(17,18)10-3-6-14-7-10/h3,6-7,9,13-14H,1-2,4-5,8H2,(H2,12,16). The number of carbonyl (C=O) groups is 1. The van der Waals surface area contributed by atoms with Crippen LogP contribution < -0.4 is 11.1 Å². The van der Waals surface area contributed by atoms with Gasteiger partial charge in [0.1, 0.15) is 0 Å². The van der Waals surface area contributed by atoms with Gasteiger partial charge >= 0.3 is 0 Å². The molecule has 1 aliphatic heterocycles. The van der Waals surface area contributed by atoms with Crippen LogP contribution in [0.3, 0.4) is 0 Å². The maximum Gasteiger partial charge on any atom is 0.245 e. The summed E-state index contributed by atoms with van der Waals surface area (Å²) in [6.45, 7) is 1.20. The van der Waals surface area contributed by atoms with Gasteiger partial charge in [0.2, 0.25) is 15.9 Å². The van der Waals surface area contributed by atoms with Crippen LogP contribution in [0.25, 0.3) is 0 Å². The van der Waals surface area contributed by atoms with Crippen molar-refractivity contribution in [1.82, 2.24) is 14.6 Å². The van der Waals surface area contributed by atoms with E-state index in [1.807, 2.05) is 0 Å². The summed E-state index contributed by atoms with van der Waals surface area (Å²) < 4.78 is 26.2. The Morgan fingerprint density at radius 1 is 1.42 bits per heavy atom. The summed E-state index contributed by atoms with van der Waals surface area (Å²) in [4.78, 5) is 14.0. The second-order valence-corrected chi connectivity index (χ2v) is 6.44. The maximum absolute atomic E-state index is 12.5. The summed E-state index contributed by atoms with van der Waals surface area (Å²) in [5, 5.41) is 3.17. The number of aromatic nitrogens is 1. The number of rotatable bonds is 5. The Bertz CT molecular complexity index is 520. The van der Waals surface area contributed by atoms with Gasteiger partial charge in [-0.05, 0) is 32.0 Å². The van der Waals surface area contributed by atoms with Crippen LogP contribution in [0, 0.1) is 0 Å². The topological polar surface area (TPSA) is 108 Å². The van der Waals surface area contributed by atoms with E-state index in [0.717, 1.165) is 13.1 Å². The molecule has 19 heavy (non-hydrogen) atoms. The van der Waals surface area contributed by atoms with Crippen LogP contribution in [0.2, 0.25) is 0 Å². The number of aromatic amines is 1. The van der Waals surface area contributed by atoms with Crippen molar-refractivity contribution in [2.24, 2.45) is 5.73 Å². The number of hydrogen-bond donors (Lipinski definition) is 3. The van der Waals surface area contributed by atoms with E-state index in [4.69, 9.17) is 5.73 Å². The highest BCUT2D eigenvalue weighted by molar-refractivity contribution is 7.89. The lowest BCUT2D eigenvalue weighted by molar-refractivity contribution is -0.118. The van der Waals surface area contributed by atoms with Crippen LogP contribution in [0.4, 0.5) is 0 Å². The molecule has 2 rings (SSSR count). The third kappa shape index (κ3) is 3.14. The smallest absolute Gasteiger partial charge is 0.245 e. The van der Waals surface area contributed by atoms with Crippen molar-refractivity contribution >= 4 is 15.9 Å². The molecule has 1 aromatic heterocycles. The predicted molar refractivity (Wildman–Crippen MR) is 69.8 cm³/mol. The van der Waals surface area contributed by atoms with E-state index in [-0.39, 0.29) is 17.5 Å². The molecule has 1 aromatic rings. The largest absolute Gasteiger partial charge is 0.369 e. The van der Waals surface area contributed by atoms with Crippen LogP contribution in [0.1, 0.15) is 12.8 Å². The van der Waals surface area contributed by atoms with Gasteiger partial charge < -0.3 is 16.0 Å². The average molecular weight is 286 g/mol. The number of hydrogen-bond acceptors (Lipinski definition) is 4. The highest BCUT2D eigenvalue weighted by atomic mass is 32.2. The minimum atomic E-state index is -3.68. The molecule has 1 amide bonds. The maximum atomic E-state index is 12.5. The first kappa shape index (κ1) is 14.0. The fourth-order valence-corrected chi connectivity index (χ4v) is 3.89. The molecule has 0 radical (unpaired) electrons. The highest BCUT2D eigenvalue weighted by Gasteiger charge is 2.33. The Balaban J connectivity index is 2.28. The predicted octanol–water partition coefficient (Wildman–Crippen LogP) is -0.757. The number of primary amides is 1. The summed E-state index contributed by atoms with van der Waals surface area (Å²) in [7, 11) is -3.68. The third-order valence-corrected chi connectivity index (χ3v) is 5.10. The van der Waals surface area contributed by atoms with Crippen molar-refractivity contribution in [2.75, 3.05) is 19.6 Å². The lowest BCUT2D eigenvalue weighted by atomic mass is 10.1. The van der Waals surface area contributed by atoms with Crippen LogP contribution in [-0.4, -0.2) is 49.3 Å². The summed E-state index contributed by atoms with van der Waals surface area (Å²) in [5.41, 5.74) is 5.18. The Hall–Kier alpha value is -1.38. The molecule has 106 valence electrons. The van der Waals surface area contributed by atoms with Crippen LogP contribution in [0.15, 0.2) is 23.4 Å². The van der Waals surface area contributed by atoms with Gasteiger partial charge in [-0.25, -0.2) is 8.42 Å². The molecule has 1 saturated heterocycles. The number of carbonyl (C=O) groups excluding carboxylic acids is 1. The third-order valence-electron chi connectivity index (χ3n) is 3.20. The first-order chi connectivity index (χ1) is 9.01. The molecule has 0 unspecified atom stereocenters. The zero-order chi connectivity index (χ0) is 13.9. The summed E-state index contributed by atoms with van der Waals surface area (Å²) in [6.07, 6.45) is 4.30. The molecule has 0 atom stereocenters. The van der Waals surface area contributed by atoms with E-state index in [9.17, 15) is 13.2 Å². The number of nitrogens with two attached hydrogens (primary N) is 1. The molecule has 0 aromatic carbocycles. The minimum absolute atomic E-state index is 0.160. The Morgan fingerprint density at radius 3 is 2.63 bits per heavy atom. The molecule has 0 spiro atoms. The van der Waals surface area contributed by atoms with E-state index in [0.29, 0.717) is 12.8 Å². The number of piperidine rings is 1. The Labute approximate surface area is 112 Å². The minimum Gasteiger partial charge on any atom is -0.369 e. The van der Waals surface area contributed by atoms with Gasteiger partial charge in [-0.3, -0.25) is 4.79 Å². The molecular weight excluding hydrogens is 268 g/mol. The van der Waals surface area contributed by atoms with E-state index in [1.54, 1.807) is 0 Å².